The molecule has 0 radical (unpaired) electrons. The van der Waals surface area contributed by atoms with Crippen molar-refractivity contribution >= 4 is 22.6 Å². The van der Waals surface area contributed by atoms with Crippen molar-refractivity contribution in [2.24, 2.45) is 0 Å². The van der Waals surface area contributed by atoms with Crippen LogP contribution in [0.1, 0.15) is 5.56 Å². The van der Waals surface area contributed by atoms with Gasteiger partial charge in [0.1, 0.15) is 0 Å². The molecule has 1 N–H and O–H groups in total. The standard InChI is InChI=1S/C6H3F3INO/c7-6(8,9)3-2-11-5(12)1-4(3)10/h1-2H,(H,11,12). The van der Waals surface area contributed by atoms with Crippen molar-refractivity contribution in [2.75, 3.05) is 0 Å². The van der Waals surface area contributed by atoms with Gasteiger partial charge >= 0.3 is 6.18 Å². The summed E-state index contributed by atoms with van der Waals surface area (Å²) < 4.78 is 36.1. The number of hydrogen-bond acceptors (Lipinski definition) is 1. The van der Waals surface area contributed by atoms with Crippen molar-refractivity contribution in [2.45, 2.75) is 6.18 Å². The van der Waals surface area contributed by atoms with Gasteiger partial charge in [-0.25, -0.2) is 0 Å². The van der Waals surface area contributed by atoms with Gasteiger partial charge in [-0.3, -0.25) is 4.79 Å². The highest BCUT2D eigenvalue weighted by molar-refractivity contribution is 14.1. The molecule has 0 aliphatic carbocycles. The maximum Gasteiger partial charge on any atom is 0.418 e. The monoisotopic (exact) mass is 289 g/mol. The summed E-state index contributed by atoms with van der Waals surface area (Å²) in [5.74, 6) is 0. The van der Waals surface area contributed by atoms with Gasteiger partial charge in [0.05, 0.1) is 5.56 Å². The third kappa shape index (κ3) is 1.99. The summed E-state index contributed by atoms with van der Waals surface area (Å²) in [4.78, 5) is 12.5. The quantitative estimate of drug-likeness (QED) is 0.728. The molecule has 1 aromatic heterocycles. The fraction of sp³-hybridized carbons (Fsp3) is 0.167. The average Bonchev–Trinajstić information content (AvgIpc) is 1.83. The lowest BCUT2D eigenvalue weighted by molar-refractivity contribution is -0.138. The highest BCUT2D eigenvalue weighted by Crippen LogP contribution is 2.31. The molecule has 0 aliphatic heterocycles. The predicted octanol–water partition coefficient (Wildman–Crippen LogP) is 2.00. The van der Waals surface area contributed by atoms with Crippen LogP contribution in [0.25, 0.3) is 0 Å². The van der Waals surface area contributed by atoms with E-state index >= 15 is 0 Å². The van der Waals surface area contributed by atoms with Gasteiger partial charge in [0.2, 0.25) is 5.56 Å². The highest BCUT2D eigenvalue weighted by Gasteiger charge is 2.33. The van der Waals surface area contributed by atoms with Crippen LogP contribution in [0, 0.1) is 3.57 Å². The Bertz CT molecular complexity index is 343. The second-order valence-electron chi connectivity index (χ2n) is 2.06. The van der Waals surface area contributed by atoms with E-state index in [1.165, 1.54) is 22.6 Å². The van der Waals surface area contributed by atoms with Crippen LogP contribution in [0.15, 0.2) is 17.1 Å². The van der Waals surface area contributed by atoms with E-state index in [0.29, 0.717) is 6.20 Å². The van der Waals surface area contributed by atoms with E-state index in [9.17, 15) is 18.0 Å². The molecule has 0 bridgehead atoms. The third-order valence-electron chi connectivity index (χ3n) is 1.18. The van der Waals surface area contributed by atoms with E-state index in [-0.39, 0.29) is 3.57 Å². The Labute approximate surface area is 78.9 Å². The first-order chi connectivity index (χ1) is 5.41. The Morgan fingerprint density at radius 1 is 1.42 bits per heavy atom. The SMILES string of the molecule is O=c1cc(I)c(C(F)(F)F)c[nH]1. The first-order valence-corrected chi connectivity index (χ1v) is 3.94. The molecule has 12 heavy (non-hydrogen) atoms. The van der Waals surface area contributed by atoms with Gasteiger partial charge in [-0.05, 0) is 22.6 Å². The second kappa shape index (κ2) is 3.08. The molecule has 0 aromatic carbocycles. The van der Waals surface area contributed by atoms with Crippen LogP contribution in [0.2, 0.25) is 0 Å². The van der Waals surface area contributed by atoms with E-state index in [4.69, 9.17) is 0 Å². The lowest BCUT2D eigenvalue weighted by Gasteiger charge is -2.06. The molecule has 1 aromatic rings. The topological polar surface area (TPSA) is 32.9 Å². The highest BCUT2D eigenvalue weighted by atomic mass is 127. The maximum atomic E-state index is 12.1. The summed E-state index contributed by atoms with van der Waals surface area (Å²) in [6.45, 7) is 0. The zero-order chi connectivity index (χ0) is 9.35. The average molecular weight is 289 g/mol. The Balaban J connectivity index is 3.28. The molecule has 1 heterocycles. The number of hydrogen-bond donors (Lipinski definition) is 1. The Morgan fingerprint density at radius 2 is 2.00 bits per heavy atom. The minimum Gasteiger partial charge on any atom is -0.328 e. The van der Waals surface area contributed by atoms with E-state index in [1.807, 2.05) is 4.98 Å². The minimum atomic E-state index is -4.40. The maximum absolute atomic E-state index is 12.1. The first-order valence-electron chi connectivity index (χ1n) is 2.86. The summed E-state index contributed by atoms with van der Waals surface area (Å²) in [5, 5.41) is 0. The van der Waals surface area contributed by atoms with Gasteiger partial charge < -0.3 is 4.98 Å². The smallest absolute Gasteiger partial charge is 0.328 e. The predicted molar refractivity (Wildman–Crippen MR) is 44.8 cm³/mol. The molecule has 0 saturated heterocycles. The number of aromatic amines is 1. The fourth-order valence-electron chi connectivity index (χ4n) is 0.664. The number of nitrogens with one attached hydrogen (secondary N) is 1. The zero-order valence-corrected chi connectivity index (χ0v) is 7.73. The Morgan fingerprint density at radius 3 is 2.42 bits per heavy atom. The van der Waals surface area contributed by atoms with Crippen molar-refractivity contribution < 1.29 is 13.2 Å². The van der Waals surface area contributed by atoms with Gasteiger partial charge in [0.15, 0.2) is 0 Å². The molecule has 0 atom stereocenters. The lowest BCUT2D eigenvalue weighted by atomic mass is 10.3. The molecule has 0 spiro atoms. The molecular weight excluding hydrogens is 286 g/mol. The van der Waals surface area contributed by atoms with Crippen molar-refractivity contribution in [1.82, 2.24) is 4.98 Å². The summed E-state index contributed by atoms with van der Waals surface area (Å²) in [6, 6.07) is 0.906. The number of alkyl halides is 3. The zero-order valence-electron chi connectivity index (χ0n) is 5.57. The Kier molecular flexibility index (Phi) is 2.45. The van der Waals surface area contributed by atoms with E-state index < -0.39 is 17.3 Å². The molecule has 0 aliphatic rings. The third-order valence-corrected chi connectivity index (χ3v) is 2.07. The van der Waals surface area contributed by atoms with Crippen molar-refractivity contribution in [1.29, 1.82) is 0 Å². The molecule has 0 amide bonds. The van der Waals surface area contributed by atoms with Crippen molar-refractivity contribution in [3.8, 4) is 0 Å². The number of pyridine rings is 1. The molecular formula is C6H3F3INO. The van der Waals surface area contributed by atoms with Gasteiger partial charge in [0.25, 0.3) is 0 Å². The van der Waals surface area contributed by atoms with Crippen LogP contribution in [0.5, 0.6) is 0 Å². The molecule has 0 saturated carbocycles. The normalized spacial score (nSPS) is 11.7. The number of halogens is 4. The molecule has 1 rings (SSSR count). The van der Waals surface area contributed by atoms with Crippen LogP contribution < -0.4 is 5.56 Å². The Hall–Kier alpha value is -0.530. The molecule has 0 fully saturated rings. The molecule has 6 heteroatoms. The largest absolute Gasteiger partial charge is 0.418 e. The van der Waals surface area contributed by atoms with Gasteiger partial charge in [-0.2, -0.15) is 13.2 Å². The van der Waals surface area contributed by atoms with Gasteiger partial charge in [-0.1, -0.05) is 0 Å². The van der Waals surface area contributed by atoms with E-state index in [2.05, 4.69) is 0 Å². The molecule has 2 nitrogen and oxygen atoms in total. The number of aromatic nitrogens is 1. The van der Waals surface area contributed by atoms with E-state index in [0.717, 1.165) is 6.07 Å². The van der Waals surface area contributed by atoms with Gasteiger partial charge in [-0.15, -0.1) is 0 Å². The van der Waals surface area contributed by atoms with Crippen LogP contribution in [0.4, 0.5) is 13.2 Å². The van der Waals surface area contributed by atoms with Crippen molar-refractivity contribution in [3.63, 3.8) is 0 Å². The van der Waals surface area contributed by atoms with Crippen LogP contribution >= 0.6 is 22.6 Å². The van der Waals surface area contributed by atoms with E-state index in [1.54, 1.807) is 0 Å². The van der Waals surface area contributed by atoms with Gasteiger partial charge in [0, 0.05) is 15.8 Å². The molecule has 0 unspecified atom stereocenters. The summed E-state index contributed by atoms with van der Waals surface area (Å²) in [6.07, 6.45) is -3.73. The van der Waals surface area contributed by atoms with Crippen LogP contribution in [0.3, 0.4) is 0 Å². The lowest BCUT2D eigenvalue weighted by Crippen LogP contribution is -2.13. The summed E-state index contributed by atoms with van der Waals surface area (Å²) >= 11 is 1.47. The summed E-state index contributed by atoms with van der Waals surface area (Å²) in [5.41, 5.74) is -1.35. The molecule has 66 valence electrons. The van der Waals surface area contributed by atoms with Crippen LogP contribution in [-0.4, -0.2) is 4.98 Å². The van der Waals surface area contributed by atoms with Crippen molar-refractivity contribution in [3.05, 3.63) is 31.8 Å². The van der Waals surface area contributed by atoms with Crippen LogP contribution in [-0.2, 0) is 6.18 Å². The minimum absolute atomic E-state index is 0.0937. The fourth-order valence-corrected chi connectivity index (χ4v) is 1.41. The first kappa shape index (κ1) is 9.56. The summed E-state index contributed by atoms with van der Waals surface area (Å²) in [7, 11) is 0. The second-order valence-corrected chi connectivity index (χ2v) is 3.22. The number of H-pyrrole nitrogens is 1. The number of rotatable bonds is 0.